The standard InChI is InChI=1S/C20H20FN3O3S/c1-12(2)28(26,27)24-19-11-15(6-9-18(19)23-20(24)22)17(10-13(3)25)14-4-7-16(21)8-5-14/h4-12H,1-3H3,(H2,22,23)/b17-10+. The number of rotatable bonds is 5. The van der Waals surface area contributed by atoms with Gasteiger partial charge in [-0.05, 0) is 67.8 Å². The number of imidazole rings is 1. The first-order chi connectivity index (χ1) is 13.1. The van der Waals surface area contributed by atoms with E-state index in [0.29, 0.717) is 27.7 Å². The van der Waals surface area contributed by atoms with E-state index in [0.717, 1.165) is 3.97 Å². The number of carbonyl (C=O) groups is 1. The predicted molar refractivity (Wildman–Crippen MR) is 108 cm³/mol. The fourth-order valence-electron chi connectivity index (χ4n) is 2.88. The SMILES string of the molecule is CC(=O)/C=C(\c1ccc(F)cc1)c1ccc2nc(N)n(S(=O)(=O)C(C)C)c2c1. The molecule has 2 aromatic carbocycles. The lowest BCUT2D eigenvalue weighted by molar-refractivity contribution is -0.112. The van der Waals surface area contributed by atoms with Crippen LogP contribution in [0.3, 0.4) is 0 Å². The second-order valence-corrected chi connectivity index (χ2v) is 9.05. The molecular formula is C20H20FN3O3S. The normalized spacial score (nSPS) is 12.7. The molecule has 6 nitrogen and oxygen atoms in total. The molecule has 3 aromatic rings. The van der Waals surface area contributed by atoms with Crippen molar-refractivity contribution in [3.05, 3.63) is 65.5 Å². The molecule has 3 rings (SSSR count). The van der Waals surface area contributed by atoms with Crippen LogP contribution in [0.1, 0.15) is 31.9 Å². The molecule has 0 spiro atoms. The Labute approximate surface area is 162 Å². The van der Waals surface area contributed by atoms with Crippen LogP contribution in [0.15, 0.2) is 48.5 Å². The summed E-state index contributed by atoms with van der Waals surface area (Å²) in [5.41, 5.74) is 8.38. The van der Waals surface area contributed by atoms with Crippen molar-refractivity contribution < 1.29 is 17.6 Å². The van der Waals surface area contributed by atoms with Crippen LogP contribution < -0.4 is 5.73 Å². The maximum Gasteiger partial charge on any atom is 0.244 e. The van der Waals surface area contributed by atoms with Crippen LogP contribution in [-0.4, -0.2) is 28.4 Å². The van der Waals surface area contributed by atoms with Gasteiger partial charge < -0.3 is 5.73 Å². The zero-order chi connectivity index (χ0) is 20.6. The van der Waals surface area contributed by atoms with Gasteiger partial charge in [0, 0.05) is 0 Å². The van der Waals surface area contributed by atoms with Crippen molar-refractivity contribution in [2.24, 2.45) is 0 Å². The zero-order valence-corrected chi connectivity index (χ0v) is 16.5. The highest BCUT2D eigenvalue weighted by molar-refractivity contribution is 7.90. The van der Waals surface area contributed by atoms with Crippen molar-refractivity contribution in [3.63, 3.8) is 0 Å². The second-order valence-electron chi connectivity index (χ2n) is 6.71. The lowest BCUT2D eigenvalue weighted by Gasteiger charge is -2.12. The molecule has 0 saturated carbocycles. The number of ketones is 1. The molecule has 28 heavy (non-hydrogen) atoms. The Kier molecular flexibility index (Phi) is 5.08. The molecule has 0 aliphatic carbocycles. The highest BCUT2D eigenvalue weighted by atomic mass is 32.2. The Hall–Kier alpha value is -3.00. The molecule has 0 atom stereocenters. The molecule has 1 aromatic heterocycles. The molecule has 0 fully saturated rings. The number of halogens is 1. The first-order valence-electron chi connectivity index (χ1n) is 8.62. The van der Waals surface area contributed by atoms with E-state index in [9.17, 15) is 17.6 Å². The number of nitrogen functional groups attached to an aromatic ring is 1. The fourth-order valence-corrected chi connectivity index (χ4v) is 4.03. The Morgan fingerprint density at radius 3 is 2.32 bits per heavy atom. The van der Waals surface area contributed by atoms with E-state index in [1.165, 1.54) is 25.1 Å². The van der Waals surface area contributed by atoms with Crippen molar-refractivity contribution in [2.75, 3.05) is 5.73 Å². The highest BCUT2D eigenvalue weighted by Gasteiger charge is 2.24. The van der Waals surface area contributed by atoms with Crippen molar-refractivity contribution >= 4 is 38.4 Å². The smallest absolute Gasteiger partial charge is 0.244 e. The van der Waals surface area contributed by atoms with E-state index < -0.39 is 21.1 Å². The van der Waals surface area contributed by atoms with Gasteiger partial charge in [0.05, 0.1) is 16.3 Å². The van der Waals surface area contributed by atoms with Gasteiger partial charge in [-0.1, -0.05) is 18.2 Å². The van der Waals surface area contributed by atoms with E-state index in [1.54, 1.807) is 44.2 Å². The molecule has 0 radical (unpaired) electrons. The zero-order valence-electron chi connectivity index (χ0n) is 15.7. The van der Waals surface area contributed by atoms with Crippen LogP contribution >= 0.6 is 0 Å². The van der Waals surface area contributed by atoms with Crippen LogP contribution in [-0.2, 0) is 14.8 Å². The summed E-state index contributed by atoms with van der Waals surface area (Å²) in [7, 11) is -3.73. The molecule has 0 unspecified atom stereocenters. The minimum absolute atomic E-state index is 0.125. The summed E-state index contributed by atoms with van der Waals surface area (Å²) in [5.74, 6) is -0.711. The Morgan fingerprint density at radius 2 is 1.75 bits per heavy atom. The first-order valence-corrected chi connectivity index (χ1v) is 10.1. The van der Waals surface area contributed by atoms with Gasteiger partial charge in [-0.15, -0.1) is 0 Å². The van der Waals surface area contributed by atoms with Gasteiger partial charge in [-0.3, -0.25) is 4.79 Å². The van der Waals surface area contributed by atoms with Gasteiger partial charge in [0.15, 0.2) is 5.78 Å². The van der Waals surface area contributed by atoms with Crippen LogP contribution in [0, 0.1) is 5.82 Å². The quantitative estimate of drug-likeness (QED) is 0.662. The molecule has 0 aliphatic heterocycles. The molecule has 146 valence electrons. The van der Waals surface area contributed by atoms with Crippen molar-refractivity contribution in [2.45, 2.75) is 26.0 Å². The molecule has 0 saturated heterocycles. The number of hydrogen-bond acceptors (Lipinski definition) is 5. The molecule has 2 N–H and O–H groups in total. The second kappa shape index (κ2) is 7.20. The van der Waals surface area contributed by atoms with Crippen molar-refractivity contribution in [3.8, 4) is 0 Å². The number of fused-ring (bicyclic) bond motifs is 1. The van der Waals surface area contributed by atoms with Crippen molar-refractivity contribution in [1.82, 2.24) is 8.96 Å². The maximum atomic E-state index is 13.3. The third kappa shape index (κ3) is 3.55. The van der Waals surface area contributed by atoms with Crippen LogP contribution in [0.5, 0.6) is 0 Å². The van der Waals surface area contributed by atoms with Gasteiger partial charge in [-0.25, -0.2) is 21.8 Å². The summed E-state index contributed by atoms with van der Waals surface area (Å²) >= 11 is 0. The summed E-state index contributed by atoms with van der Waals surface area (Å²) in [4.78, 5) is 15.9. The number of allylic oxidation sites excluding steroid dienone is 1. The molecule has 1 heterocycles. The summed E-state index contributed by atoms with van der Waals surface area (Å²) in [6, 6.07) is 10.7. The third-order valence-electron chi connectivity index (χ3n) is 4.30. The number of hydrogen-bond donors (Lipinski definition) is 1. The van der Waals surface area contributed by atoms with Gasteiger partial charge in [0.25, 0.3) is 0 Å². The minimum atomic E-state index is -3.73. The number of aromatic nitrogens is 2. The fraction of sp³-hybridized carbons (Fsp3) is 0.200. The van der Waals surface area contributed by atoms with Gasteiger partial charge >= 0.3 is 0 Å². The Balaban J connectivity index is 2.27. The molecule has 0 aliphatic rings. The number of nitrogens with zero attached hydrogens (tertiary/aromatic N) is 2. The molecular weight excluding hydrogens is 381 g/mol. The summed E-state index contributed by atoms with van der Waals surface area (Å²) < 4.78 is 39.8. The van der Waals surface area contributed by atoms with E-state index >= 15 is 0 Å². The molecule has 8 heteroatoms. The number of carbonyl (C=O) groups excluding carboxylic acids is 1. The van der Waals surface area contributed by atoms with Gasteiger partial charge in [-0.2, -0.15) is 0 Å². The van der Waals surface area contributed by atoms with E-state index in [-0.39, 0.29) is 11.7 Å². The lowest BCUT2D eigenvalue weighted by atomic mass is 9.96. The minimum Gasteiger partial charge on any atom is -0.368 e. The third-order valence-corrected chi connectivity index (χ3v) is 6.39. The Morgan fingerprint density at radius 1 is 1.14 bits per heavy atom. The topological polar surface area (TPSA) is 95.1 Å². The predicted octanol–water partition coefficient (Wildman–Crippen LogP) is 3.36. The van der Waals surface area contributed by atoms with E-state index in [1.807, 2.05) is 0 Å². The van der Waals surface area contributed by atoms with Crippen LogP contribution in [0.25, 0.3) is 16.6 Å². The first kappa shape index (κ1) is 19.8. The van der Waals surface area contributed by atoms with E-state index in [2.05, 4.69) is 4.98 Å². The average Bonchev–Trinajstić information content (AvgIpc) is 2.95. The number of nitrogens with two attached hydrogens (primary N) is 1. The summed E-state index contributed by atoms with van der Waals surface area (Å²) in [6.45, 7) is 4.53. The number of anilines is 1. The summed E-state index contributed by atoms with van der Waals surface area (Å²) in [6.07, 6.45) is 1.43. The van der Waals surface area contributed by atoms with Crippen molar-refractivity contribution in [1.29, 1.82) is 0 Å². The van der Waals surface area contributed by atoms with E-state index in [4.69, 9.17) is 5.73 Å². The van der Waals surface area contributed by atoms with Gasteiger partial charge in [0.2, 0.25) is 16.0 Å². The highest BCUT2D eigenvalue weighted by Crippen LogP contribution is 2.29. The summed E-state index contributed by atoms with van der Waals surface area (Å²) in [5, 5.41) is -0.694. The van der Waals surface area contributed by atoms with Gasteiger partial charge in [0.1, 0.15) is 5.82 Å². The maximum absolute atomic E-state index is 13.3. The van der Waals surface area contributed by atoms with Crippen LogP contribution in [0.2, 0.25) is 0 Å². The molecule has 0 bridgehead atoms. The lowest BCUT2D eigenvalue weighted by Crippen LogP contribution is -2.23. The molecule has 0 amide bonds. The number of benzene rings is 2. The van der Waals surface area contributed by atoms with Crippen LogP contribution in [0.4, 0.5) is 10.3 Å². The largest absolute Gasteiger partial charge is 0.368 e. The monoisotopic (exact) mass is 401 g/mol. The average molecular weight is 401 g/mol. The Bertz CT molecular complexity index is 1190.